The van der Waals surface area contributed by atoms with Crippen molar-refractivity contribution in [3.05, 3.63) is 59.7 Å². The third kappa shape index (κ3) is 5.14. The molecular weight excluding hydrogens is 390 g/mol. The zero-order valence-corrected chi connectivity index (χ0v) is 17.4. The summed E-state index contributed by atoms with van der Waals surface area (Å²) in [5, 5.41) is 2.71. The van der Waals surface area contributed by atoms with Gasteiger partial charge in [-0.2, -0.15) is 0 Å². The minimum Gasteiger partial charge on any atom is -0.339 e. The molecular formula is C21H25N3O4S. The maximum absolute atomic E-state index is 12.8. The van der Waals surface area contributed by atoms with Crippen LogP contribution in [0.25, 0.3) is 0 Å². The Bertz CT molecular complexity index is 997. The van der Waals surface area contributed by atoms with E-state index in [0.29, 0.717) is 30.0 Å². The molecule has 1 aliphatic rings. The summed E-state index contributed by atoms with van der Waals surface area (Å²) in [5.74, 6) is -0.644. The third-order valence-electron chi connectivity index (χ3n) is 4.83. The van der Waals surface area contributed by atoms with Crippen molar-refractivity contribution in [1.29, 1.82) is 0 Å². The number of hydrogen-bond donors (Lipinski definition) is 1. The molecule has 29 heavy (non-hydrogen) atoms. The van der Waals surface area contributed by atoms with Gasteiger partial charge in [-0.3, -0.25) is 13.9 Å². The molecule has 1 aliphatic heterocycles. The molecule has 1 heterocycles. The lowest BCUT2D eigenvalue weighted by Crippen LogP contribution is -2.37. The minimum atomic E-state index is -3.66. The molecule has 0 radical (unpaired) electrons. The molecule has 8 heteroatoms. The fourth-order valence-corrected chi connectivity index (χ4v) is 4.16. The molecule has 0 aliphatic carbocycles. The first-order chi connectivity index (χ1) is 13.8. The van der Waals surface area contributed by atoms with Crippen LogP contribution < -0.4 is 9.62 Å². The Morgan fingerprint density at radius 1 is 1.03 bits per heavy atom. The molecule has 0 atom stereocenters. The van der Waals surface area contributed by atoms with E-state index in [1.54, 1.807) is 53.4 Å². The van der Waals surface area contributed by atoms with Crippen molar-refractivity contribution in [2.24, 2.45) is 0 Å². The standard InChI is InChI=1S/C21H25N3O4S/c1-16-9-11-17(12-10-16)24(29(2,27)28)15-20(25)22-19-8-4-3-7-18(19)21(26)23-13-5-6-14-23/h3-4,7-12H,5-6,13-15H2,1-2H3,(H,22,25). The highest BCUT2D eigenvalue weighted by Gasteiger charge is 2.24. The molecule has 2 amide bonds. The maximum Gasteiger partial charge on any atom is 0.255 e. The van der Waals surface area contributed by atoms with Gasteiger partial charge in [-0.25, -0.2) is 8.42 Å². The first kappa shape index (κ1) is 20.9. The fraction of sp³-hybridized carbons (Fsp3) is 0.333. The first-order valence-corrected chi connectivity index (χ1v) is 11.3. The summed E-state index contributed by atoms with van der Waals surface area (Å²) in [6.07, 6.45) is 3.01. The van der Waals surface area contributed by atoms with Crippen molar-refractivity contribution in [3.8, 4) is 0 Å². The van der Waals surface area contributed by atoms with Crippen molar-refractivity contribution >= 4 is 33.2 Å². The average Bonchev–Trinajstić information content (AvgIpc) is 3.21. The van der Waals surface area contributed by atoms with Gasteiger partial charge < -0.3 is 10.2 Å². The van der Waals surface area contributed by atoms with Gasteiger partial charge in [-0.15, -0.1) is 0 Å². The van der Waals surface area contributed by atoms with E-state index < -0.39 is 15.9 Å². The monoisotopic (exact) mass is 415 g/mol. The quantitative estimate of drug-likeness (QED) is 0.786. The molecule has 2 aromatic carbocycles. The average molecular weight is 416 g/mol. The van der Waals surface area contributed by atoms with E-state index in [-0.39, 0.29) is 12.5 Å². The van der Waals surface area contributed by atoms with Crippen LogP contribution in [0.5, 0.6) is 0 Å². The molecule has 1 N–H and O–H groups in total. The zero-order valence-electron chi connectivity index (χ0n) is 16.6. The Hall–Kier alpha value is -2.87. The highest BCUT2D eigenvalue weighted by molar-refractivity contribution is 7.92. The molecule has 3 rings (SSSR count). The number of benzene rings is 2. The Labute approximate surface area is 171 Å². The number of sulfonamides is 1. The van der Waals surface area contributed by atoms with Crippen LogP contribution in [-0.2, 0) is 14.8 Å². The number of carbonyl (C=O) groups excluding carboxylic acids is 2. The van der Waals surface area contributed by atoms with Gasteiger partial charge in [0, 0.05) is 13.1 Å². The van der Waals surface area contributed by atoms with E-state index in [0.717, 1.165) is 29.0 Å². The zero-order chi connectivity index (χ0) is 21.0. The Kier molecular flexibility index (Phi) is 6.22. The number of likely N-dealkylation sites (tertiary alicyclic amines) is 1. The lowest BCUT2D eigenvalue weighted by Gasteiger charge is -2.23. The Morgan fingerprint density at radius 2 is 1.66 bits per heavy atom. The van der Waals surface area contributed by atoms with Gasteiger partial charge >= 0.3 is 0 Å². The van der Waals surface area contributed by atoms with Gasteiger partial charge in [0.1, 0.15) is 6.54 Å². The van der Waals surface area contributed by atoms with Gasteiger partial charge in [-0.05, 0) is 44.0 Å². The van der Waals surface area contributed by atoms with Crippen molar-refractivity contribution in [2.45, 2.75) is 19.8 Å². The Balaban J connectivity index is 1.79. The number of hydrogen-bond acceptors (Lipinski definition) is 4. The maximum atomic E-state index is 12.8. The predicted molar refractivity (Wildman–Crippen MR) is 114 cm³/mol. The van der Waals surface area contributed by atoms with Crippen LogP contribution in [0.2, 0.25) is 0 Å². The molecule has 0 spiro atoms. The number of carbonyl (C=O) groups is 2. The smallest absolute Gasteiger partial charge is 0.255 e. The van der Waals surface area contributed by atoms with Crippen molar-refractivity contribution in [3.63, 3.8) is 0 Å². The summed E-state index contributed by atoms with van der Waals surface area (Å²) in [6, 6.07) is 13.7. The number of aryl methyl sites for hydroxylation is 1. The van der Waals surface area contributed by atoms with Crippen LogP contribution in [-0.4, -0.2) is 51.0 Å². The first-order valence-electron chi connectivity index (χ1n) is 9.48. The number of rotatable bonds is 6. The topological polar surface area (TPSA) is 86.8 Å². The van der Waals surface area contributed by atoms with Gasteiger partial charge in [0.2, 0.25) is 15.9 Å². The van der Waals surface area contributed by atoms with Crippen molar-refractivity contribution < 1.29 is 18.0 Å². The van der Waals surface area contributed by atoms with Crippen LogP contribution in [0.3, 0.4) is 0 Å². The highest BCUT2D eigenvalue weighted by Crippen LogP contribution is 2.21. The molecule has 0 bridgehead atoms. The van der Waals surface area contributed by atoms with Gasteiger partial charge in [0.15, 0.2) is 0 Å². The number of anilines is 2. The molecule has 7 nitrogen and oxygen atoms in total. The lowest BCUT2D eigenvalue weighted by atomic mass is 10.1. The summed E-state index contributed by atoms with van der Waals surface area (Å²) < 4.78 is 25.5. The van der Waals surface area contributed by atoms with Crippen molar-refractivity contribution in [1.82, 2.24) is 4.90 Å². The molecule has 1 saturated heterocycles. The van der Waals surface area contributed by atoms with Crippen LogP contribution in [0.15, 0.2) is 48.5 Å². The molecule has 154 valence electrons. The minimum absolute atomic E-state index is 0.128. The summed E-state index contributed by atoms with van der Waals surface area (Å²) in [6.45, 7) is 2.93. The Morgan fingerprint density at radius 3 is 2.28 bits per heavy atom. The number of nitrogens with one attached hydrogen (secondary N) is 1. The molecule has 2 aromatic rings. The number of para-hydroxylation sites is 1. The SMILES string of the molecule is Cc1ccc(N(CC(=O)Nc2ccccc2C(=O)N2CCCC2)S(C)(=O)=O)cc1. The highest BCUT2D eigenvalue weighted by atomic mass is 32.2. The number of nitrogens with zero attached hydrogens (tertiary/aromatic N) is 2. The van der Waals surface area contributed by atoms with E-state index in [9.17, 15) is 18.0 Å². The number of amides is 2. The second kappa shape index (κ2) is 8.65. The molecule has 0 unspecified atom stereocenters. The van der Waals surface area contributed by atoms with Crippen LogP contribution in [0, 0.1) is 6.92 Å². The van der Waals surface area contributed by atoms with E-state index in [1.807, 2.05) is 6.92 Å². The van der Waals surface area contributed by atoms with E-state index in [1.165, 1.54) is 0 Å². The van der Waals surface area contributed by atoms with Gasteiger partial charge in [0.25, 0.3) is 5.91 Å². The fourth-order valence-electron chi connectivity index (χ4n) is 3.30. The molecule has 0 aromatic heterocycles. The van der Waals surface area contributed by atoms with Gasteiger partial charge in [-0.1, -0.05) is 29.8 Å². The second-order valence-corrected chi connectivity index (χ2v) is 9.11. The molecule has 1 fully saturated rings. The second-order valence-electron chi connectivity index (χ2n) is 7.20. The third-order valence-corrected chi connectivity index (χ3v) is 5.97. The predicted octanol–water partition coefficient (Wildman–Crippen LogP) is 2.64. The normalized spacial score (nSPS) is 13.9. The lowest BCUT2D eigenvalue weighted by molar-refractivity contribution is -0.114. The summed E-state index contributed by atoms with van der Waals surface area (Å²) >= 11 is 0. The van der Waals surface area contributed by atoms with Crippen LogP contribution in [0.4, 0.5) is 11.4 Å². The van der Waals surface area contributed by atoms with Crippen molar-refractivity contribution in [2.75, 3.05) is 35.5 Å². The van der Waals surface area contributed by atoms with Crippen LogP contribution >= 0.6 is 0 Å². The summed E-state index contributed by atoms with van der Waals surface area (Å²) in [5.41, 5.74) is 2.19. The summed E-state index contributed by atoms with van der Waals surface area (Å²) in [4.78, 5) is 27.2. The van der Waals surface area contributed by atoms with E-state index in [4.69, 9.17) is 0 Å². The summed E-state index contributed by atoms with van der Waals surface area (Å²) in [7, 11) is -3.66. The molecule has 0 saturated carbocycles. The van der Waals surface area contributed by atoms with Crippen LogP contribution in [0.1, 0.15) is 28.8 Å². The van der Waals surface area contributed by atoms with E-state index >= 15 is 0 Å². The largest absolute Gasteiger partial charge is 0.339 e. The van der Waals surface area contributed by atoms with Gasteiger partial charge in [0.05, 0.1) is 23.2 Å². The van der Waals surface area contributed by atoms with E-state index in [2.05, 4.69) is 5.32 Å².